The van der Waals surface area contributed by atoms with Gasteiger partial charge in [0.25, 0.3) is 5.91 Å². The van der Waals surface area contributed by atoms with E-state index in [4.69, 9.17) is 9.72 Å². The number of aromatic amines is 1. The highest BCUT2D eigenvalue weighted by atomic mass is 16.5. The summed E-state index contributed by atoms with van der Waals surface area (Å²) in [5.41, 5.74) is 4.73. The van der Waals surface area contributed by atoms with Crippen LogP contribution < -0.4 is 20.7 Å². The number of hydrogen-bond acceptors (Lipinski definition) is 7. The zero-order valence-corrected chi connectivity index (χ0v) is 28.8. The smallest absolute Gasteiger partial charge is 0.252 e. The number of fused-ring (bicyclic) bond motifs is 2. The largest absolute Gasteiger partial charge is 0.492 e. The highest BCUT2D eigenvalue weighted by Crippen LogP contribution is 2.31. The molecule has 1 aliphatic rings. The molecule has 5 aromatic rings. The Balaban J connectivity index is 1.15. The van der Waals surface area contributed by atoms with Crippen LogP contribution in [0.2, 0.25) is 0 Å². The number of aryl methyl sites for hydroxylation is 1. The lowest BCUT2D eigenvalue weighted by atomic mass is 10.0. The first kappa shape index (κ1) is 35.6. The number of benzene rings is 3. The van der Waals surface area contributed by atoms with E-state index in [1.165, 1.54) is 6.33 Å². The molecule has 6 rings (SSSR count). The van der Waals surface area contributed by atoms with E-state index < -0.39 is 11.9 Å². The molecule has 52 heavy (non-hydrogen) atoms. The third-order valence-corrected chi connectivity index (χ3v) is 8.73. The molecule has 4 amide bonds. The molecule has 13 nitrogen and oxygen atoms in total. The van der Waals surface area contributed by atoms with Crippen LogP contribution in [0.5, 0.6) is 5.75 Å². The fraction of sp³-hybridized carbons (Fsp3) is 0.282. The number of imidazole rings is 2. The standard InChI is InChI=1S/C39H42N8O5/c48-34-25-46(35(49)16-20-47-27-44-36(28-10-3-1-4-11-28)37(47)29-12-5-2-6-13-29)19-8-7-17-42-39(51)33(23-31-24-40-26-43-31)45-38(50)30-14-9-15-32(22-30)52-21-18-41-34/h1-6,9-15,22,24,26-27,33H,7-8,16-21,23,25H2,(H,40,43)(H,41,48)(H,42,51)(H,45,50)/t33-/m0/s1. The zero-order valence-electron chi connectivity index (χ0n) is 28.8. The number of nitrogens with one attached hydrogen (secondary N) is 4. The monoisotopic (exact) mass is 702 g/mol. The van der Waals surface area contributed by atoms with Gasteiger partial charge >= 0.3 is 0 Å². The first-order valence-electron chi connectivity index (χ1n) is 17.4. The normalized spacial score (nSPS) is 16.3. The van der Waals surface area contributed by atoms with Crippen molar-refractivity contribution in [1.29, 1.82) is 0 Å². The van der Waals surface area contributed by atoms with Crippen LogP contribution in [0.15, 0.2) is 104 Å². The van der Waals surface area contributed by atoms with Gasteiger partial charge in [0.2, 0.25) is 17.7 Å². The molecule has 0 fully saturated rings. The van der Waals surface area contributed by atoms with Crippen LogP contribution in [0, 0.1) is 0 Å². The molecule has 4 N–H and O–H groups in total. The zero-order chi connectivity index (χ0) is 36.1. The summed E-state index contributed by atoms with van der Waals surface area (Å²) in [7, 11) is 0. The van der Waals surface area contributed by atoms with Crippen LogP contribution in [0.1, 0.15) is 35.3 Å². The van der Waals surface area contributed by atoms with Crippen LogP contribution >= 0.6 is 0 Å². The molecule has 3 heterocycles. The van der Waals surface area contributed by atoms with Crippen LogP contribution in [-0.4, -0.2) is 86.9 Å². The number of H-pyrrole nitrogens is 1. The Hall–Kier alpha value is -6.24. The van der Waals surface area contributed by atoms with Crippen molar-refractivity contribution in [3.63, 3.8) is 0 Å². The van der Waals surface area contributed by atoms with Crippen molar-refractivity contribution >= 4 is 23.6 Å². The maximum absolute atomic E-state index is 13.7. The van der Waals surface area contributed by atoms with Crippen LogP contribution in [0.3, 0.4) is 0 Å². The number of carbonyl (C=O) groups excluding carboxylic acids is 4. The molecule has 3 aromatic carbocycles. The van der Waals surface area contributed by atoms with E-state index in [0.29, 0.717) is 49.5 Å². The maximum Gasteiger partial charge on any atom is 0.252 e. The van der Waals surface area contributed by atoms with Crippen molar-refractivity contribution < 1.29 is 23.9 Å². The van der Waals surface area contributed by atoms with Crippen molar-refractivity contribution in [2.45, 2.75) is 38.3 Å². The van der Waals surface area contributed by atoms with Crippen molar-refractivity contribution in [2.24, 2.45) is 0 Å². The lowest BCUT2D eigenvalue weighted by Crippen LogP contribution is -2.48. The minimum Gasteiger partial charge on any atom is -0.492 e. The van der Waals surface area contributed by atoms with Gasteiger partial charge in [0.1, 0.15) is 18.4 Å². The molecule has 2 bridgehead atoms. The molecule has 0 spiro atoms. The molecule has 0 saturated heterocycles. The lowest BCUT2D eigenvalue weighted by molar-refractivity contribution is -0.136. The van der Waals surface area contributed by atoms with E-state index in [-0.39, 0.29) is 50.3 Å². The number of rotatable bonds is 7. The summed E-state index contributed by atoms with van der Waals surface area (Å²) in [6.45, 7) is 1.26. The van der Waals surface area contributed by atoms with Gasteiger partial charge in [-0.2, -0.15) is 0 Å². The van der Waals surface area contributed by atoms with Gasteiger partial charge in [0, 0.05) is 61.1 Å². The molecule has 1 aliphatic heterocycles. The average molecular weight is 703 g/mol. The Morgan fingerprint density at radius 3 is 2.40 bits per heavy atom. The van der Waals surface area contributed by atoms with Crippen LogP contribution in [0.25, 0.3) is 22.5 Å². The van der Waals surface area contributed by atoms with E-state index in [1.54, 1.807) is 41.7 Å². The third-order valence-electron chi connectivity index (χ3n) is 8.73. The summed E-state index contributed by atoms with van der Waals surface area (Å²) in [4.78, 5) is 66.6. The summed E-state index contributed by atoms with van der Waals surface area (Å²) in [5, 5.41) is 8.60. The number of hydrogen-bond donors (Lipinski definition) is 4. The van der Waals surface area contributed by atoms with Gasteiger partial charge in [0.15, 0.2) is 0 Å². The van der Waals surface area contributed by atoms with E-state index in [1.807, 2.05) is 65.2 Å². The Bertz CT molecular complexity index is 1950. The van der Waals surface area contributed by atoms with Gasteiger partial charge in [-0.15, -0.1) is 0 Å². The second-order valence-electron chi connectivity index (χ2n) is 12.5. The van der Waals surface area contributed by atoms with E-state index >= 15 is 0 Å². The summed E-state index contributed by atoms with van der Waals surface area (Å²) in [6, 6.07) is 25.6. The summed E-state index contributed by atoms with van der Waals surface area (Å²) in [5.74, 6) is -0.805. The fourth-order valence-electron chi connectivity index (χ4n) is 6.07. The SMILES string of the molecule is O=C1CN(C(=O)CCn2cnc(-c3ccccc3)c2-c2ccccc2)CCCCNC(=O)[C@H](Cc2cnc[nH]2)NC(=O)c2cccc(c2)OCCN1. The number of amides is 4. The molecule has 1 atom stereocenters. The molecular formula is C39H42N8O5. The van der Waals surface area contributed by atoms with E-state index in [0.717, 1.165) is 22.5 Å². The Labute approximate surface area is 301 Å². The third kappa shape index (κ3) is 9.50. The fourth-order valence-corrected chi connectivity index (χ4v) is 6.07. The molecule has 0 radical (unpaired) electrons. The first-order valence-corrected chi connectivity index (χ1v) is 17.4. The van der Waals surface area contributed by atoms with E-state index in [2.05, 4.69) is 25.9 Å². The van der Waals surface area contributed by atoms with Gasteiger partial charge < -0.3 is 35.1 Å². The highest BCUT2D eigenvalue weighted by Gasteiger charge is 2.24. The predicted molar refractivity (Wildman–Crippen MR) is 195 cm³/mol. The minimum atomic E-state index is -0.856. The molecule has 2 aromatic heterocycles. The minimum absolute atomic E-state index is 0.115. The molecule has 268 valence electrons. The van der Waals surface area contributed by atoms with Gasteiger partial charge in [-0.1, -0.05) is 66.7 Å². The van der Waals surface area contributed by atoms with Crippen molar-refractivity contribution in [3.8, 4) is 28.3 Å². The van der Waals surface area contributed by atoms with Crippen molar-refractivity contribution in [2.75, 3.05) is 32.8 Å². The van der Waals surface area contributed by atoms with Crippen LogP contribution in [0.4, 0.5) is 0 Å². The van der Waals surface area contributed by atoms with Gasteiger partial charge in [-0.3, -0.25) is 19.2 Å². The maximum atomic E-state index is 13.7. The summed E-state index contributed by atoms with van der Waals surface area (Å²) in [6.07, 6.45) is 6.36. The second-order valence-corrected chi connectivity index (χ2v) is 12.5. The number of nitrogens with zero attached hydrogens (tertiary/aromatic N) is 4. The average Bonchev–Trinajstić information content (AvgIpc) is 3.85. The highest BCUT2D eigenvalue weighted by molar-refractivity contribution is 5.98. The Morgan fingerprint density at radius 2 is 1.63 bits per heavy atom. The van der Waals surface area contributed by atoms with Crippen molar-refractivity contribution in [3.05, 3.63) is 115 Å². The van der Waals surface area contributed by atoms with Crippen molar-refractivity contribution in [1.82, 2.24) is 40.4 Å². The molecule has 0 unspecified atom stereocenters. The quantitative estimate of drug-likeness (QED) is 0.201. The number of aromatic nitrogens is 4. The molecular weight excluding hydrogens is 660 g/mol. The Morgan fingerprint density at radius 1 is 0.865 bits per heavy atom. The second kappa shape index (κ2) is 17.6. The van der Waals surface area contributed by atoms with Gasteiger partial charge in [0.05, 0.1) is 37.1 Å². The molecule has 0 saturated carbocycles. The Kier molecular flexibility index (Phi) is 12.1. The number of carbonyl (C=O) groups is 4. The first-order chi connectivity index (χ1) is 25.4. The van der Waals surface area contributed by atoms with E-state index in [9.17, 15) is 19.2 Å². The molecule has 0 aliphatic carbocycles. The van der Waals surface area contributed by atoms with Gasteiger partial charge in [-0.25, -0.2) is 9.97 Å². The summed E-state index contributed by atoms with van der Waals surface area (Å²) >= 11 is 0. The molecule has 13 heteroatoms. The van der Waals surface area contributed by atoms with Crippen LogP contribution in [-0.2, 0) is 27.3 Å². The lowest BCUT2D eigenvalue weighted by Gasteiger charge is -2.23. The topological polar surface area (TPSA) is 163 Å². The van der Waals surface area contributed by atoms with Gasteiger partial charge in [-0.05, 0) is 31.0 Å². The summed E-state index contributed by atoms with van der Waals surface area (Å²) < 4.78 is 7.80. The predicted octanol–water partition coefficient (Wildman–Crippen LogP) is 3.61. The number of ether oxygens (including phenoxy) is 1.